The lowest BCUT2D eigenvalue weighted by Gasteiger charge is -2.36. The van der Waals surface area contributed by atoms with Crippen LogP contribution in [0.4, 0.5) is 0 Å². The van der Waals surface area contributed by atoms with Gasteiger partial charge in [-0.2, -0.15) is 0 Å². The minimum absolute atomic E-state index is 0.842. The van der Waals surface area contributed by atoms with E-state index in [1.54, 1.807) is 12.8 Å². The van der Waals surface area contributed by atoms with Crippen LogP contribution < -0.4 is 0 Å². The SMILES string of the molecule is CCCC(CC)CC1CC2(CC)C(C)C12. The molecule has 0 heteroatoms. The molecule has 2 aliphatic rings. The molecule has 88 valence electrons. The molecule has 2 saturated carbocycles. The maximum atomic E-state index is 2.49. The van der Waals surface area contributed by atoms with Gasteiger partial charge in [0.15, 0.2) is 0 Å². The van der Waals surface area contributed by atoms with Gasteiger partial charge in [0, 0.05) is 0 Å². The summed E-state index contributed by atoms with van der Waals surface area (Å²) in [5.41, 5.74) is 0.842. The lowest BCUT2D eigenvalue weighted by molar-refractivity contribution is 0.137. The van der Waals surface area contributed by atoms with E-state index in [0.717, 1.165) is 29.1 Å². The summed E-state index contributed by atoms with van der Waals surface area (Å²) >= 11 is 0. The zero-order valence-corrected chi connectivity index (χ0v) is 11.1. The van der Waals surface area contributed by atoms with Gasteiger partial charge in [-0.25, -0.2) is 0 Å². The van der Waals surface area contributed by atoms with Crippen LogP contribution in [0.2, 0.25) is 0 Å². The van der Waals surface area contributed by atoms with Gasteiger partial charge in [-0.05, 0) is 48.3 Å². The number of hydrogen-bond donors (Lipinski definition) is 0. The van der Waals surface area contributed by atoms with Crippen LogP contribution in [0.5, 0.6) is 0 Å². The molecule has 0 amide bonds. The Morgan fingerprint density at radius 1 is 1.27 bits per heavy atom. The minimum Gasteiger partial charge on any atom is -0.0654 e. The first-order chi connectivity index (χ1) is 7.19. The van der Waals surface area contributed by atoms with Crippen molar-refractivity contribution in [3.05, 3.63) is 0 Å². The number of rotatable bonds is 6. The monoisotopic (exact) mass is 208 g/mol. The molecule has 0 aliphatic heterocycles. The van der Waals surface area contributed by atoms with Crippen molar-refractivity contribution in [3.8, 4) is 0 Å². The standard InChI is InChI=1S/C15H28/c1-5-8-12(6-2)9-13-10-15(7-3)11(4)14(13)15/h11-14H,5-10H2,1-4H3. The molecule has 5 unspecified atom stereocenters. The average Bonchev–Trinajstić information content (AvgIpc) is 2.68. The van der Waals surface area contributed by atoms with Crippen LogP contribution in [-0.2, 0) is 0 Å². The lowest BCUT2D eigenvalue weighted by Crippen LogP contribution is -2.27. The van der Waals surface area contributed by atoms with Crippen LogP contribution in [-0.4, -0.2) is 0 Å². The van der Waals surface area contributed by atoms with Crippen LogP contribution in [0.3, 0.4) is 0 Å². The van der Waals surface area contributed by atoms with E-state index in [9.17, 15) is 0 Å². The highest BCUT2D eigenvalue weighted by Gasteiger charge is 2.71. The highest BCUT2D eigenvalue weighted by molar-refractivity contribution is 5.19. The number of fused-ring (bicyclic) bond motifs is 1. The highest BCUT2D eigenvalue weighted by atomic mass is 14.7. The predicted molar refractivity (Wildman–Crippen MR) is 66.8 cm³/mol. The van der Waals surface area contributed by atoms with Crippen LogP contribution >= 0.6 is 0 Å². The zero-order chi connectivity index (χ0) is 11.1. The second-order valence-corrected chi connectivity index (χ2v) is 6.16. The first-order valence-corrected chi connectivity index (χ1v) is 7.19. The van der Waals surface area contributed by atoms with E-state index in [1.807, 2.05) is 0 Å². The quantitative estimate of drug-likeness (QED) is 0.583. The molecule has 2 fully saturated rings. The van der Waals surface area contributed by atoms with E-state index >= 15 is 0 Å². The van der Waals surface area contributed by atoms with E-state index in [1.165, 1.54) is 25.7 Å². The second kappa shape index (κ2) is 4.11. The molecule has 0 radical (unpaired) electrons. The summed E-state index contributed by atoms with van der Waals surface area (Å²) in [4.78, 5) is 0. The van der Waals surface area contributed by atoms with Gasteiger partial charge in [-0.15, -0.1) is 0 Å². The Labute approximate surface area is 95.8 Å². The third kappa shape index (κ3) is 1.65. The molecule has 5 atom stereocenters. The normalized spacial score (nSPS) is 44.4. The Kier molecular flexibility index (Phi) is 3.14. The van der Waals surface area contributed by atoms with Crippen molar-refractivity contribution < 1.29 is 0 Å². The molecular formula is C15H28. The van der Waals surface area contributed by atoms with Gasteiger partial charge in [-0.3, -0.25) is 0 Å². The van der Waals surface area contributed by atoms with E-state index in [-0.39, 0.29) is 0 Å². The topological polar surface area (TPSA) is 0 Å². The van der Waals surface area contributed by atoms with Crippen molar-refractivity contribution in [2.24, 2.45) is 29.1 Å². The Balaban J connectivity index is 1.79. The van der Waals surface area contributed by atoms with Crippen LogP contribution in [0.25, 0.3) is 0 Å². The molecule has 0 heterocycles. The summed E-state index contributed by atoms with van der Waals surface area (Å²) in [6.07, 6.45) is 8.80. The maximum absolute atomic E-state index is 2.49. The van der Waals surface area contributed by atoms with Gasteiger partial charge in [0.2, 0.25) is 0 Å². The third-order valence-electron chi connectivity index (χ3n) is 5.72. The Morgan fingerprint density at radius 2 is 2.00 bits per heavy atom. The summed E-state index contributed by atoms with van der Waals surface area (Å²) in [5, 5.41) is 0. The molecule has 0 aromatic heterocycles. The molecule has 0 nitrogen and oxygen atoms in total. The highest BCUT2D eigenvalue weighted by Crippen LogP contribution is 2.77. The lowest BCUT2D eigenvalue weighted by atomic mass is 9.69. The third-order valence-corrected chi connectivity index (χ3v) is 5.72. The molecule has 2 aliphatic carbocycles. The summed E-state index contributed by atoms with van der Waals surface area (Å²) in [6, 6.07) is 0. The Morgan fingerprint density at radius 3 is 2.40 bits per heavy atom. The van der Waals surface area contributed by atoms with Gasteiger partial charge in [-0.1, -0.05) is 47.0 Å². The zero-order valence-electron chi connectivity index (χ0n) is 11.1. The van der Waals surface area contributed by atoms with Gasteiger partial charge >= 0.3 is 0 Å². The van der Waals surface area contributed by atoms with E-state index in [0.29, 0.717) is 0 Å². The first-order valence-electron chi connectivity index (χ1n) is 7.19. The summed E-state index contributed by atoms with van der Waals surface area (Å²) in [7, 11) is 0. The van der Waals surface area contributed by atoms with Crippen molar-refractivity contribution in [2.45, 2.75) is 66.2 Å². The minimum atomic E-state index is 0.842. The summed E-state index contributed by atoms with van der Waals surface area (Å²) < 4.78 is 0. The molecule has 0 bridgehead atoms. The molecule has 15 heavy (non-hydrogen) atoms. The second-order valence-electron chi connectivity index (χ2n) is 6.16. The summed E-state index contributed by atoms with van der Waals surface area (Å²) in [6.45, 7) is 9.60. The molecular weight excluding hydrogens is 180 g/mol. The van der Waals surface area contributed by atoms with Crippen molar-refractivity contribution >= 4 is 0 Å². The summed E-state index contributed by atoms with van der Waals surface area (Å²) in [5.74, 6) is 4.33. The molecule has 0 saturated heterocycles. The van der Waals surface area contributed by atoms with Crippen molar-refractivity contribution in [1.29, 1.82) is 0 Å². The van der Waals surface area contributed by atoms with E-state index < -0.39 is 0 Å². The Bertz CT molecular complexity index is 220. The molecule has 0 N–H and O–H groups in total. The van der Waals surface area contributed by atoms with Gasteiger partial charge in [0.25, 0.3) is 0 Å². The van der Waals surface area contributed by atoms with Crippen molar-refractivity contribution in [1.82, 2.24) is 0 Å². The molecule has 0 spiro atoms. The molecule has 0 aromatic carbocycles. The van der Waals surface area contributed by atoms with E-state index in [2.05, 4.69) is 27.7 Å². The first kappa shape index (κ1) is 11.5. The van der Waals surface area contributed by atoms with Crippen molar-refractivity contribution in [2.75, 3.05) is 0 Å². The largest absolute Gasteiger partial charge is 0.0654 e. The smallest absolute Gasteiger partial charge is 0.0235 e. The van der Waals surface area contributed by atoms with Crippen molar-refractivity contribution in [3.63, 3.8) is 0 Å². The van der Waals surface area contributed by atoms with E-state index in [4.69, 9.17) is 0 Å². The van der Waals surface area contributed by atoms with Crippen LogP contribution in [0, 0.1) is 29.1 Å². The van der Waals surface area contributed by atoms with Gasteiger partial charge in [0.05, 0.1) is 0 Å². The fourth-order valence-corrected chi connectivity index (χ4v) is 4.65. The maximum Gasteiger partial charge on any atom is -0.0235 e. The molecule has 0 aromatic rings. The fraction of sp³-hybridized carbons (Fsp3) is 1.00. The average molecular weight is 208 g/mol. The van der Waals surface area contributed by atoms with Crippen LogP contribution in [0.1, 0.15) is 66.2 Å². The fourth-order valence-electron chi connectivity index (χ4n) is 4.65. The van der Waals surface area contributed by atoms with Gasteiger partial charge in [0.1, 0.15) is 0 Å². The number of hydrogen-bond acceptors (Lipinski definition) is 0. The predicted octanol–water partition coefficient (Wildman–Crippen LogP) is 4.89. The van der Waals surface area contributed by atoms with Crippen LogP contribution in [0.15, 0.2) is 0 Å². The molecule has 2 rings (SSSR count). The Hall–Kier alpha value is 0. The van der Waals surface area contributed by atoms with Gasteiger partial charge < -0.3 is 0 Å².